The van der Waals surface area contributed by atoms with Crippen LogP contribution in [0.3, 0.4) is 0 Å². The maximum absolute atomic E-state index is 11.8. The number of amides is 1. The summed E-state index contributed by atoms with van der Waals surface area (Å²) in [5.41, 5.74) is 1.54. The lowest BCUT2D eigenvalue weighted by atomic mass is 10.2. The van der Waals surface area contributed by atoms with Crippen molar-refractivity contribution in [3.63, 3.8) is 0 Å². The van der Waals surface area contributed by atoms with Crippen molar-refractivity contribution in [1.29, 1.82) is 5.26 Å². The summed E-state index contributed by atoms with van der Waals surface area (Å²) in [5, 5.41) is 11.5. The van der Waals surface area contributed by atoms with Crippen LogP contribution in [0.5, 0.6) is 0 Å². The number of hydrogen-bond donors (Lipinski definition) is 1. The molecule has 0 spiro atoms. The molecular formula is C17H13BrN2O3. The molecule has 0 atom stereocenters. The molecule has 0 aromatic heterocycles. The smallest absolute Gasteiger partial charge is 0.310 e. The minimum atomic E-state index is -0.490. The Bertz CT molecular complexity index is 751. The van der Waals surface area contributed by atoms with E-state index in [1.54, 1.807) is 36.4 Å². The van der Waals surface area contributed by atoms with Crippen LogP contribution in [0.15, 0.2) is 53.0 Å². The zero-order chi connectivity index (χ0) is 16.7. The quantitative estimate of drug-likeness (QED) is 0.818. The monoisotopic (exact) mass is 372 g/mol. The van der Waals surface area contributed by atoms with Gasteiger partial charge in [0.05, 0.1) is 17.7 Å². The Labute approximate surface area is 142 Å². The first-order chi connectivity index (χ1) is 11.1. The van der Waals surface area contributed by atoms with Gasteiger partial charge in [-0.15, -0.1) is 0 Å². The van der Waals surface area contributed by atoms with E-state index in [-0.39, 0.29) is 6.42 Å². The first kappa shape index (κ1) is 16.7. The predicted octanol–water partition coefficient (Wildman–Crippen LogP) is 3.05. The van der Waals surface area contributed by atoms with Crippen molar-refractivity contribution in [2.75, 3.05) is 11.9 Å². The summed E-state index contributed by atoms with van der Waals surface area (Å²) in [4.78, 5) is 23.5. The lowest BCUT2D eigenvalue weighted by Gasteiger charge is -2.08. The Hall–Kier alpha value is -2.65. The maximum Gasteiger partial charge on any atom is 0.310 e. The summed E-state index contributed by atoms with van der Waals surface area (Å²) in [6, 6.07) is 15.8. The molecule has 0 heterocycles. The molecule has 0 unspecified atom stereocenters. The lowest BCUT2D eigenvalue weighted by molar-refractivity contribution is -0.146. The Morgan fingerprint density at radius 1 is 1.13 bits per heavy atom. The standard InChI is InChI=1S/C17H13BrN2O3/c18-14-7-5-12(6-8-14)9-17(22)23-11-16(21)20-15-4-2-1-3-13(15)10-19/h1-8H,9,11H2,(H,20,21). The normalized spacial score (nSPS) is 9.74. The van der Waals surface area contributed by atoms with Crippen LogP contribution in [0.2, 0.25) is 0 Å². The topological polar surface area (TPSA) is 79.2 Å². The van der Waals surface area contributed by atoms with Gasteiger partial charge >= 0.3 is 5.97 Å². The summed E-state index contributed by atoms with van der Waals surface area (Å²) < 4.78 is 5.86. The second-order valence-electron chi connectivity index (χ2n) is 4.67. The van der Waals surface area contributed by atoms with E-state index in [4.69, 9.17) is 10.00 Å². The summed E-state index contributed by atoms with van der Waals surface area (Å²) in [7, 11) is 0. The lowest BCUT2D eigenvalue weighted by Crippen LogP contribution is -2.22. The van der Waals surface area contributed by atoms with Crippen molar-refractivity contribution in [3.05, 3.63) is 64.1 Å². The highest BCUT2D eigenvalue weighted by atomic mass is 79.9. The van der Waals surface area contributed by atoms with E-state index in [2.05, 4.69) is 21.2 Å². The molecule has 0 aliphatic carbocycles. The molecule has 0 bridgehead atoms. The summed E-state index contributed by atoms with van der Waals surface area (Å²) >= 11 is 3.31. The number of rotatable bonds is 5. The number of carbonyl (C=O) groups is 2. The van der Waals surface area contributed by atoms with Crippen LogP contribution in [0, 0.1) is 11.3 Å². The third-order valence-electron chi connectivity index (χ3n) is 2.95. The van der Waals surface area contributed by atoms with Gasteiger partial charge in [0.1, 0.15) is 6.07 Å². The zero-order valence-corrected chi connectivity index (χ0v) is 13.7. The minimum Gasteiger partial charge on any atom is -0.455 e. The number of nitriles is 1. The SMILES string of the molecule is N#Cc1ccccc1NC(=O)COC(=O)Cc1ccc(Br)cc1. The Morgan fingerprint density at radius 3 is 2.52 bits per heavy atom. The number of hydrogen-bond acceptors (Lipinski definition) is 4. The van der Waals surface area contributed by atoms with E-state index < -0.39 is 18.5 Å². The van der Waals surface area contributed by atoms with Crippen molar-refractivity contribution in [3.8, 4) is 6.07 Å². The number of anilines is 1. The molecule has 6 heteroatoms. The molecule has 2 rings (SSSR count). The van der Waals surface area contributed by atoms with Crippen molar-refractivity contribution in [1.82, 2.24) is 0 Å². The van der Waals surface area contributed by atoms with E-state index in [0.29, 0.717) is 11.3 Å². The summed E-state index contributed by atoms with van der Waals surface area (Å²) in [6.45, 7) is -0.394. The molecule has 0 aliphatic heterocycles. The fourth-order valence-electron chi connectivity index (χ4n) is 1.84. The van der Waals surface area contributed by atoms with Gasteiger partial charge in [0.2, 0.25) is 0 Å². The molecule has 2 aromatic carbocycles. The summed E-state index contributed by atoms with van der Waals surface area (Å²) in [5.74, 6) is -0.979. The number of para-hydroxylation sites is 1. The zero-order valence-electron chi connectivity index (χ0n) is 12.1. The van der Waals surface area contributed by atoms with Crippen molar-refractivity contribution in [2.45, 2.75) is 6.42 Å². The second kappa shape index (κ2) is 8.11. The van der Waals surface area contributed by atoms with Crippen molar-refractivity contribution >= 4 is 33.5 Å². The first-order valence-electron chi connectivity index (χ1n) is 6.77. The van der Waals surface area contributed by atoms with E-state index in [9.17, 15) is 9.59 Å². The molecule has 0 saturated heterocycles. The largest absolute Gasteiger partial charge is 0.455 e. The minimum absolute atomic E-state index is 0.0926. The number of nitrogens with one attached hydrogen (secondary N) is 1. The van der Waals surface area contributed by atoms with Crippen LogP contribution >= 0.6 is 15.9 Å². The predicted molar refractivity (Wildman–Crippen MR) is 88.6 cm³/mol. The molecule has 0 saturated carbocycles. The van der Waals surface area contributed by atoms with Gasteiger partial charge in [-0.1, -0.05) is 40.2 Å². The Balaban J connectivity index is 1.83. The van der Waals surface area contributed by atoms with E-state index in [1.165, 1.54) is 0 Å². The van der Waals surface area contributed by atoms with Gasteiger partial charge in [0, 0.05) is 4.47 Å². The number of carbonyl (C=O) groups excluding carboxylic acids is 2. The average molecular weight is 373 g/mol. The van der Waals surface area contributed by atoms with E-state index in [0.717, 1.165) is 10.0 Å². The number of halogens is 1. The van der Waals surface area contributed by atoms with Gasteiger partial charge in [-0.3, -0.25) is 9.59 Å². The molecule has 0 aliphatic rings. The van der Waals surface area contributed by atoms with Crippen molar-refractivity contribution in [2.24, 2.45) is 0 Å². The third-order valence-corrected chi connectivity index (χ3v) is 3.48. The summed E-state index contributed by atoms with van der Waals surface area (Å²) in [6.07, 6.45) is 0.0926. The second-order valence-corrected chi connectivity index (χ2v) is 5.59. The number of benzene rings is 2. The highest BCUT2D eigenvalue weighted by Crippen LogP contribution is 2.13. The van der Waals surface area contributed by atoms with Gasteiger partial charge < -0.3 is 10.1 Å². The van der Waals surface area contributed by atoms with Crippen molar-refractivity contribution < 1.29 is 14.3 Å². The van der Waals surface area contributed by atoms with Gasteiger partial charge in [0.15, 0.2) is 6.61 Å². The fourth-order valence-corrected chi connectivity index (χ4v) is 2.11. The number of esters is 1. The van der Waals surface area contributed by atoms with Gasteiger partial charge in [-0.05, 0) is 29.8 Å². The molecule has 5 nitrogen and oxygen atoms in total. The molecule has 116 valence electrons. The highest BCUT2D eigenvalue weighted by molar-refractivity contribution is 9.10. The highest BCUT2D eigenvalue weighted by Gasteiger charge is 2.10. The van der Waals surface area contributed by atoms with Crippen LogP contribution in [0.4, 0.5) is 5.69 Å². The number of nitrogens with zero attached hydrogens (tertiary/aromatic N) is 1. The van der Waals surface area contributed by atoms with Gasteiger partial charge in [-0.2, -0.15) is 5.26 Å². The first-order valence-corrected chi connectivity index (χ1v) is 7.57. The van der Waals surface area contributed by atoms with Crippen LogP contribution in [-0.2, 0) is 20.7 Å². The van der Waals surface area contributed by atoms with Gasteiger partial charge in [-0.25, -0.2) is 0 Å². The number of ether oxygens (including phenoxy) is 1. The van der Waals surface area contributed by atoms with Crippen LogP contribution in [0.25, 0.3) is 0 Å². The van der Waals surface area contributed by atoms with Crippen LogP contribution in [0.1, 0.15) is 11.1 Å². The fraction of sp³-hybridized carbons (Fsp3) is 0.118. The molecule has 23 heavy (non-hydrogen) atoms. The Kier molecular flexibility index (Phi) is 5.89. The third kappa shape index (κ3) is 5.24. The molecular weight excluding hydrogens is 360 g/mol. The van der Waals surface area contributed by atoms with Crippen LogP contribution < -0.4 is 5.32 Å². The molecule has 2 aromatic rings. The molecule has 0 fully saturated rings. The van der Waals surface area contributed by atoms with E-state index >= 15 is 0 Å². The van der Waals surface area contributed by atoms with E-state index in [1.807, 2.05) is 18.2 Å². The molecule has 0 radical (unpaired) electrons. The maximum atomic E-state index is 11.8. The van der Waals surface area contributed by atoms with Gasteiger partial charge in [0.25, 0.3) is 5.91 Å². The van der Waals surface area contributed by atoms with Crippen LogP contribution in [-0.4, -0.2) is 18.5 Å². The molecule has 1 amide bonds. The average Bonchev–Trinajstić information content (AvgIpc) is 2.55. The Morgan fingerprint density at radius 2 is 1.83 bits per heavy atom. The molecule has 1 N–H and O–H groups in total.